The zero-order chi connectivity index (χ0) is 32.4. The summed E-state index contributed by atoms with van der Waals surface area (Å²) in [5, 5.41) is 2.68. The van der Waals surface area contributed by atoms with Gasteiger partial charge < -0.3 is 25.3 Å². The van der Waals surface area contributed by atoms with Crippen LogP contribution in [0.3, 0.4) is 0 Å². The number of rotatable bonds is 15. The van der Waals surface area contributed by atoms with Crippen molar-refractivity contribution in [2.24, 2.45) is 5.73 Å². The molecule has 3 aromatic carbocycles. The Morgan fingerprint density at radius 3 is 1.74 bits per heavy atom. The molecule has 0 aromatic heterocycles. The van der Waals surface area contributed by atoms with Crippen LogP contribution in [0.5, 0.6) is 11.5 Å². The van der Waals surface area contributed by atoms with Crippen molar-refractivity contribution in [1.82, 2.24) is 15.1 Å². The zero-order valence-electron chi connectivity index (χ0n) is 26.7. The average molecular weight is 639 g/mol. The number of nitrogens with two attached hydrogens (primary N) is 1. The second-order valence-electron chi connectivity index (χ2n) is 11.6. The fraction of sp³-hybridized carbons (Fsp3) is 0.472. The first-order valence-corrected chi connectivity index (χ1v) is 16.4. The maximum Gasteiger partial charge on any atom is 0.407 e. The lowest BCUT2D eigenvalue weighted by Gasteiger charge is -2.15. The summed E-state index contributed by atoms with van der Waals surface area (Å²) in [6, 6.07) is 19.5. The van der Waals surface area contributed by atoms with E-state index in [9.17, 15) is 13.6 Å². The van der Waals surface area contributed by atoms with Gasteiger partial charge in [0.2, 0.25) is 0 Å². The molecule has 0 unspecified atom stereocenters. The highest BCUT2D eigenvalue weighted by Gasteiger charge is 2.13. The Morgan fingerprint density at radius 2 is 1.24 bits per heavy atom. The fourth-order valence-corrected chi connectivity index (χ4v) is 5.47. The topological polar surface area (TPSA) is 89.3 Å². The quantitative estimate of drug-likeness (QED) is 0.225. The van der Waals surface area contributed by atoms with Gasteiger partial charge in [-0.3, -0.25) is 9.80 Å². The predicted octanol–water partition coefficient (Wildman–Crippen LogP) is 5.57. The number of halogens is 2. The Kier molecular flexibility index (Phi) is 15.1. The lowest BCUT2D eigenvalue weighted by Crippen LogP contribution is -2.26. The lowest BCUT2D eigenvalue weighted by atomic mass is 10.1. The maximum atomic E-state index is 14.2. The van der Waals surface area contributed by atoms with Crippen LogP contribution < -0.4 is 20.5 Å². The van der Waals surface area contributed by atoms with E-state index in [1.54, 1.807) is 12.1 Å². The molecule has 250 valence electrons. The molecule has 2 heterocycles. The van der Waals surface area contributed by atoms with Crippen molar-refractivity contribution in [3.63, 3.8) is 0 Å². The van der Waals surface area contributed by atoms with Crippen LogP contribution in [-0.2, 0) is 24.2 Å². The van der Waals surface area contributed by atoms with Gasteiger partial charge in [-0.25, -0.2) is 13.6 Å². The van der Waals surface area contributed by atoms with Crippen molar-refractivity contribution in [2.75, 3.05) is 65.6 Å². The molecule has 0 aliphatic carbocycles. The van der Waals surface area contributed by atoms with Crippen LogP contribution in [0.2, 0.25) is 0 Å². The summed E-state index contributed by atoms with van der Waals surface area (Å²) in [6.07, 6.45) is 5.74. The Hall–Kier alpha value is -3.73. The summed E-state index contributed by atoms with van der Waals surface area (Å²) >= 11 is 0. The smallest absolute Gasteiger partial charge is 0.407 e. The first-order chi connectivity index (χ1) is 22.5. The molecule has 2 aliphatic heterocycles. The molecule has 2 saturated heterocycles. The van der Waals surface area contributed by atoms with E-state index in [2.05, 4.69) is 15.1 Å². The monoisotopic (exact) mass is 638 g/mol. The second kappa shape index (κ2) is 19.7. The van der Waals surface area contributed by atoms with Crippen LogP contribution in [0.4, 0.5) is 13.6 Å². The number of carbonyl (C=O) groups excluding carboxylic acids is 1. The standard InChI is InChI=1S/C22H27FN2O3.C14H21FN2O/c23-20-16-18(8-9-21(20)27-15-14-25-12-4-5-13-25)10-11-24-22(26)28-17-19-6-2-1-3-7-19;15-13-11-12(5-6-16)3-4-14(13)18-10-9-17-7-1-2-8-17/h1-3,6-9,16H,4-5,10-15,17H2,(H,24,26);3-4,11H,1-2,5-10,16H2. The number of benzene rings is 3. The molecule has 3 N–H and O–H groups in total. The van der Waals surface area contributed by atoms with Gasteiger partial charge in [0, 0.05) is 19.6 Å². The van der Waals surface area contributed by atoms with Gasteiger partial charge in [-0.15, -0.1) is 0 Å². The van der Waals surface area contributed by atoms with E-state index in [0.29, 0.717) is 44.9 Å². The number of ether oxygens (including phenoxy) is 3. The number of amides is 1. The largest absolute Gasteiger partial charge is 0.489 e. The Balaban J connectivity index is 0.000000230. The van der Waals surface area contributed by atoms with Crippen molar-refractivity contribution >= 4 is 6.09 Å². The van der Waals surface area contributed by atoms with E-state index in [0.717, 1.165) is 56.0 Å². The van der Waals surface area contributed by atoms with Gasteiger partial charge in [0.25, 0.3) is 0 Å². The zero-order valence-corrected chi connectivity index (χ0v) is 26.7. The van der Waals surface area contributed by atoms with Crippen LogP contribution in [0.1, 0.15) is 42.4 Å². The third kappa shape index (κ3) is 12.6. The van der Waals surface area contributed by atoms with Crippen molar-refractivity contribution in [3.8, 4) is 11.5 Å². The minimum absolute atomic E-state index is 0.227. The van der Waals surface area contributed by atoms with Gasteiger partial charge in [0.05, 0.1) is 0 Å². The van der Waals surface area contributed by atoms with Crippen molar-refractivity contribution in [2.45, 2.75) is 45.1 Å². The molecule has 0 bridgehead atoms. The highest BCUT2D eigenvalue weighted by atomic mass is 19.1. The third-order valence-corrected chi connectivity index (χ3v) is 8.05. The van der Waals surface area contributed by atoms with Gasteiger partial charge in [0.1, 0.15) is 19.8 Å². The van der Waals surface area contributed by atoms with Gasteiger partial charge in [-0.05, 0) is 112 Å². The highest BCUT2D eigenvalue weighted by Crippen LogP contribution is 2.20. The molecule has 2 aliphatic rings. The number of hydrogen-bond acceptors (Lipinski definition) is 7. The van der Waals surface area contributed by atoms with E-state index in [1.165, 1.54) is 37.8 Å². The van der Waals surface area contributed by atoms with Crippen LogP contribution in [0, 0.1) is 11.6 Å². The SMILES string of the molecule is NCCc1ccc(OCCN2CCCC2)c(F)c1.O=C(NCCc1ccc(OCCN2CCCC2)c(F)c1)OCc1ccccc1. The van der Waals surface area contributed by atoms with Crippen LogP contribution in [0.25, 0.3) is 0 Å². The molecular weight excluding hydrogens is 590 g/mol. The number of nitrogens with one attached hydrogen (secondary N) is 1. The van der Waals surface area contributed by atoms with Crippen molar-refractivity contribution in [1.29, 1.82) is 0 Å². The third-order valence-electron chi connectivity index (χ3n) is 8.05. The van der Waals surface area contributed by atoms with E-state index in [1.807, 2.05) is 42.5 Å². The molecule has 10 heteroatoms. The summed E-state index contributed by atoms with van der Waals surface area (Å²) < 4.78 is 44.1. The molecule has 8 nitrogen and oxygen atoms in total. The normalized spacial score (nSPS) is 14.8. The first-order valence-electron chi connectivity index (χ1n) is 16.4. The molecule has 5 rings (SSSR count). The summed E-state index contributed by atoms with van der Waals surface area (Å²) in [4.78, 5) is 16.4. The Labute approximate surface area is 271 Å². The van der Waals surface area contributed by atoms with Crippen LogP contribution in [-0.4, -0.2) is 81.5 Å². The summed E-state index contributed by atoms with van der Waals surface area (Å²) in [5.74, 6) is -0.0407. The lowest BCUT2D eigenvalue weighted by molar-refractivity contribution is 0.140. The maximum absolute atomic E-state index is 14.2. The van der Waals surface area contributed by atoms with Crippen LogP contribution in [0.15, 0.2) is 66.7 Å². The molecule has 0 saturated carbocycles. The summed E-state index contributed by atoms with van der Waals surface area (Å²) in [7, 11) is 0. The van der Waals surface area contributed by atoms with Crippen molar-refractivity contribution in [3.05, 3.63) is 95.1 Å². The van der Waals surface area contributed by atoms with Gasteiger partial charge in [0.15, 0.2) is 23.1 Å². The number of alkyl carbamates (subject to hydrolysis) is 1. The molecule has 1 amide bonds. The van der Waals surface area contributed by atoms with Crippen molar-refractivity contribution < 1.29 is 27.8 Å². The summed E-state index contributed by atoms with van der Waals surface area (Å²) in [5.41, 5.74) is 8.09. The molecule has 46 heavy (non-hydrogen) atoms. The second-order valence-corrected chi connectivity index (χ2v) is 11.6. The minimum atomic E-state index is -0.480. The van der Waals surface area contributed by atoms with E-state index >= 15 is 0 Å². The number of hydrogen-bond donors (Lipinski definition) is 2. The number of likely N-dealkylation sites (tertiary alicyclic amines) is 2. The number of nitrogens with zero attached hydrogens (tertiary/aromatic N) is 2. The Bertz CT molecular complexity index is 1320. The van der Waals surface area contributed by atoms with E-state index in [-0.39, 0.29) is 24.0 Å². The molecule has 2 fully saturated rings. The highest BCUT2D eigenvalue weighted by molar-refractivity contribution is 5.67. The molecule has 0 atom stereocenters. The Morgan fingerprint density at radius 1 is 0.717 bits per heavy atom. The minimum Gasteiger partial charge on any atom is -0.489 e. The van der Waals surface area contributed by atoms with E-state index < -0.39 is 6.09 Å². The first kappa shape index (κ1) is 35.1. The van der Waals surface area contributed by atoms with Gasteiger partial charge >= 0.3 is 6.09 Å². The van der Waals surface area contributed by atoms with Gasteiger partial charge in [-0.1, -0.05) is 42.5 Å². The molecule has 0 radical (unpaired) electrons. The average Bonchev–Trinajstić information content (AvgIpc) is 3.78. The van der Waals surface area contributed by atoms with E-state index in [4.69, 9.17) is 19.9 Å². The fourth-order valence-electron chi connectivity index (χ4n) is 5.47. The molecule has 0 spiro atoms. The molecule has 3 aromatic rings. The summed E-state index contributed by atoms with van der Waals surface area (Å²) in [6.45, 7) is 8.37. The molecular formula is C36H48F2N4O4. The predicted molar refractivity (Wildman–Crippen MR) is 176 cm³/mol. The van der Waals surface area contributed by atoms with Gasteiger partial charge in [-0.2, -0.15) is 0 Å². The number of carbonyl (C=O) groups is 1. The van der Waals surface area contributed by atoms with Crippen LogP contribution >= 0.6 is 0 Å².